The van der Waals surface area contributed by atoms with Crippen molar-refractivity contribution in [2.24, 2.45) is 0 Å². The average Bonchev–Trinajstić information content (AvgIpc) is 2.34. The number of hydrogen-bond donors (Lipinski definition) is 2. The molecule has 0 unspecified atom stereocenters. The highest BCUT2D eigenvalue weighted by Crippen LogP contribution is 2.20. The first-order valence-corrected chi connectivity index (χ1v) is 4.21. The minimum Gasteiger partial charge on any atom is -0.305 e. The first kappa shape index (κ1) is 7.77. The minimum absolute atomic E-state index is 0.0562. The molecule has 1 aliphatic heterocycles. The highest BCUT2D eigenvalue weighted by Gasteiger charge is 2.06. The van der Waals surface area contributed by atoms with Gasteiger partial charge in [0.05, 0.1) is 12.1 Å². The second-order valence-electron chi connectivity index (χ2n) is 1.54. The molecular weight excluding hydrogens is 170 g/mol. The third kappa shape index (κ3) is 2.51. The van der Waals surface area contributed by atoms with E-state index in [-0.39, 0.29) is 5.91 Å². The van der Waals surface area contributed by atoms with Crippen molar-refractivity contribution in [3.05, 3.63) is 11.6 Å². The van der Waals surface area contributed by atoms with Crippen LogP contribution in [0.2, 0.25) is 0 Å². The predicted molar refractivity (Wildman–Crippen MR) is 43.1 cm³/mol. The van der Waals surface area contributed by atoms with Gasteiger partial charge in [-0.05, 0) is 11.9 Å². The molecule has 0 aromatic carbocycles. The third-order valence-corrected chi connectivity index (χ3v) is 2.36. The van der Waals surface area contributed by atoms with E-state index in [2.05, 4.69) is 10.1 Å². The van der Waals surface area contributed by atoms with Crippen LogP contribution in [0.4, 0.5) is 0 Å². The fraction of sp³-hybridized carbons (Fsp3) is 0.250. The van der Waals surface area contributed by atoms with Crippen LogP contribution in [0.25, 0.3) is 0 Å². The Bertz CT molecular complexity index is 153. The van der Waals surface area contributed by atoms with Gasteiger partial charge in [-0.15, -0.1) is 0 Å². The van der Waals surface area contributed by atoms with Crippen molar-refractivity contribution in [1.82, 2.24) is 14.0 Å². The average molecular weight is 177 g/mol. The molecule has 1 heterocycles. The molecular formula is C4H7N3OS2. The van der Waals surface area contributed by atoms with Crippen LogP contribution >= 0.6 is 24.1 Å². The number of carbonyl (C=O) groups is 1. The van der Waals surface area contributed by atoms with Crippen LogP contribution in [0.15, 0.2) is 11.6 Å². The predicted octanol–water partition coefficient (Wildman–Crippen LogP) is 0.625. The monoisotopic (exact) mass is 177 g/mol. The van der Waals surface area contributed by atoms with Crippen molar-refractivity contribution < 1.29 is 4.79 Å². The lowest BCUT2D eigenvalue weighted by molar-refractivity contribution is -0.117. The summed E-state index contributed by atoms with van der Waals surface area (Å²) in [5.74, 6) is -0.0562. The molecule has 10 heavy (non-hydrogen) atoms. The maximum absolute atomic E-state index is 10.4. The van der Waals surface area contributed by atoms with Gasteiger partial charge in [0, 0.05) is 18.5 Å². The number of carbonyl (C=O) groups excluding carboxylic acids is 1. The third-order valence-electron chi connectivity index (χ3n) is 0.677. The van der Waals surface area contributed by atoms with Crippen LogP contribution < -0.4 is 10.1 Å². The van der Waals surface area contributed by atoms with E-state index in [1.807, 2.05) is 5.41 Å². The highest BCUT2D eigenvalue weighted by atomic mass is 32.2. The molecule has 1 rings (SSSR count). The molecule has 0 aromatic heterocycles. The van der Waals surface area contributed by atoms with Crippen LogP contribution in [0.3, 0.4) is 0 Å². The van der Waals surface area contributed by atoms with Crippen molar-refractivity contribution in [2.75, 3.05) is 0 Å². The quantitative estimate of drug-likeness (QED) is 0.606. The number of rotatable bonds is 2. The van der Waals surface area contributed by atoms with Crippen molar-refractivity contribution in [3.63, 3.8) is 0 Å². The fourth-order valence-electron chi connectivity index (χ4n) is 0.361. The summed E-state index contributed by atoms with van der Waals surface area (Å²) in [5, 5.41) is 1.88. The summed E-state index contributed by atoms with van der Waals surface area (Å²) in [6.45, 7) is 1.47. The van der Waals surface area contributed by atoms with E-state index in [1.165, 1.54) is 31.0 Å². The number of amides is 1. The summed E-state index contributed by atoms with van der Waals surface area (Å²) in [4.78, 5) is 10.4. The Morgan fingerprint density at radius 3 is 3.20 bits per heavy atom. The van der Waals surface area contributed by atoms with E-state index in [0.717, 1.165) is 0 Å². The normalized spacial score (nSPS) is 16.9. The highest BCUT2D eigenvalue weighted by molar-refractivity contribution is 8.12. The lowest BCUT2D eigenvalue weighted by atomic mass is 10.8. The van der Waals surface area contributed by atoms with E-state index in [9.17, 15) is 4.79 Å². The molecule has 0 bridgehead atoms. The summed E-state index contributed by atoms with van der Waals surface area (Å²) >= 11 is 2.69. The van der Waals surface area contributed by atoms with Crippen LogP contribution in [-0.2, 0) is 4.79 Å². The SMILES string of the molecule is CC(=O)NSN1NC=CS1. The Balaban J connectivity index is 2.09. The molecule has 0 aromatic rings. The van der Waals surface area contributed by atoms with E-state index < -0.39 is 0 Å². The second-order valence-corrected chi connectivity index (χ2v) is 3.38. The molecule has 0 atom stereocenters. The topological polar surface area (TPSA) is 44.4 Å². The zero-order chi connectivity index (χ0) is 7.40. The van der Waals surface area contributed by atoms with Gasteiger partial charge < -0.3 is 5.43 Å². The maximum Gasteiger partial charge on any atom is 0.227 e. The Kier molecular flexibility index (Phi) is 2.91. The molecule has 0 spiro atoms. The molecule has 4 nitrogen and oxygen atoms in total. The van der Waals surface area contributed by atoms with Gasteiger partial charge in [0.1, 0.15) is 0 Å². The molecule has 0 radical (unpaired) electrons. The van der Waals surface area contributed by atoms with Gasteiger partial charge in [0.15, 0.2) is 0 Å². The van der Waals surface area contributed by atoms with E-state index in [1.54, 1.807) is 10.0 Å². The van der Waals surface area contributed by atoms with Crippen LogP contribution in [0.1, 0.15) is 6.92 Å². The Hall–Kier alpha value is -0.330. The van der Waals surface area contributed by atoms with Crippen LogP contribution in [0, 0.1) is 0 Å². The molecule has 0 fully saturated rings. The number of nitrogens with zero attached hydrogens (tertiary/aromatic N) is 1. The second kappa shape index (κ2) is 3.75. The standard InChI is InChI=1S/C4H7N3OS2/c1-4(8)6-10-7-5-2-3-9-7/h2-3,5H,1H3,(H,6,8). The molecule has 0 saturated carbocycles. The maximum atomic E-state index is 10.4. The van der Waals surface area contributed by atoms with Gasteiger partial charge >= 0.3 is 0 Å². The molecule has 0 aliphatic carbocycles. The summed E-state index contributed by atoms with van der Waals surface area (Å²) in [6, 6.07) is 0. The van der Waals surface area contributed by atoms with Gasteiger partial charge in [-0.1, -0.05) is 3.82 Å². The van der Waals surface area contributed by atoms with Crippen LogP contribution in [0.5, 0.6) is 0 Å². The molecule has 6 heteroatoms. The molecule has 1 amide bonds. The molecule has 2 N–H and O–H groups in total. The van der Waals surface area contributed by atoms with Crippen molar-refractivity contribution in [1.29, 1.82) is 0 Å². The van der Waals surface area contributed by atoms with Crippen LogP contribution in [-0.4, -0.2) is 9.73 Å². The van der Waals surface area contributed by atoms with E-state index >= 15 is 0 Å². The largest absolute Gasteiger partial charge is 0.305 e. The van der Waals surface area contributed by atoms with Gasteiger partial charge in [-0.25, -0.2) is 0 Å². The minimum atomic E-state index is -0.0562. The number of nitrogens with one attached hydrogen (secondary N) is 2. The van der Waals surface area contributed by atoms with Crippen molar-refractivity contribution in [2.45, 2.75) is 6.92 Å². The number of hydrazine groups is 1. The van der Waals surface area contributed by atoms with Crippen molar-refractivity contribution in [3.8, 4) is 0 Å². The van der Waals surface area contributed by atoms with E-state index in [4.69, 9.17) is 0 Å². The van der Waals surface area contributed by atoms with Crippen molar-refractivity contribution >= 4 is 30.0 Å². The van der Waals surface area contributed by atoms with Gasteiger partial charge in [-0.2, -0.15) is 0 Å². The van der Waals surface area contributed by atoms with E-state index in [0.29, 0.717) is 0 Å². The lowest BCUT2D eigenvalue weighted by Gasteiger charge is -2.10. The Labute approximate surface area is 67.8 Å². The summed E-state index contributed by atoms with van der Waals surface area (Å²) < 4.78 is 4.29. The fourth-order valence-corrected chi connectivity index (χ4v) is 1.47. The smallest absolute Gasteiger partial charge is 0.227 e. The molecule has 1 aliphatic rings. The first-order valence-electron chi connectivity index (χ1n) is 2.60. The number of hydrogen-bond acceptors (Lipinski definition) is 5. The Morgan fingerprint density at radius 1 is 1.90 bits per heavy atom. The lowest BCUT2D eigenvalue weighted by Crippen LogP contribution is -2.23. The molecule has 56 valence electrons. The summed E-state index contributed by atoms with van der Waals surface area (Å²) in [7, 11) is 0. The zero-order valence-corrected chi connectivity index (χ0v) is 6.96. The van der Waals surface area contributed by atoms with Gasteiger partial charge in [0.25, 0.3) is 0 Å². The van der Waals surface area contributed by atoms with Gasteiger partial charge in [-0.3, -0.25) is 9.52 Å². The Morgan fingerprint density at radius 2 is 2.70 bits per heavy atom. The van der Waals surface area contributed by atoms with Gasteiger partial charge in [0.2, 0.25) is 5.91 Å². The summed E-state index contributed by atoms with van der Waals surface area (Å²) in [5.41, 5.74) is 2.88. The molecule has 0 saturated heterocycles. The zero-order valence-electron chi connectivity index (χ0n) is 5.33. The summed E-state index contributed by atoms with van der Waals surface area (Å²) in [6.07, 6.45) is 1.79. The first-order chi connectivity index (χ1) is 4.79.